The first kappa shape index (κ1) is 12.6. The molecule has 0 bridgehead atoms. The van der Waals surface area contributed by atoms with Crippen LogP contribution in [0.2, 0.25) is 0 Å². The molecule has 0 atom stereocenters. The van der Waals surface area contributed by atoms with Gasteiger partial charge in [0.2, 0.25) is 5.76 Å². The number of carbonyl (C=O) groups is 1. The van der Waals surface area contributed by atoms with E-state index < -0.39 is 5.97 Å². The van der Waals surface area contributed by atoms with Gasteiger partial charge in [-0.3, -0.25) is 0 Å². The van der Waals surface area contributed by atoms with Crippen LogP contribution in [0.4, 0.5) is 0 Å². The normalized spacial score (nSPS) is 17.0. The number of furan rings is 1. The van der Waals surface area contributed by atoms with E-state index in [2.05, 4.69) is 4.74 Å². The first-order valence-electron chi connectivity index (χ1n) is 6.08. The molecule has 17 heavy (non-hydrogen) atoms. The fourth-order valence-electron chi connectivity index (χ4n) is 2.10. The molecule has 0 radical (unpaired) electrons. The van der Waals surface area contributed by atoms with E-state index in [1.165, 1.54) is 39.2 Å². The Hall–Kier alpha value is -0.900. The van der Waals surface area contributed by atoms with Crippen molar-refractivity contribution in [3.8, 4) is 0 Å². The van der Waals surface area contributed by atoms with Crippen molar-refractivity contribution in [3.63, 3.8) is 0 Å². The summed E-state index contributed by atoms with van der Waals surface area (Å²) in [7, 11) is 1.36. The number of methoxy groups -OCH3 is 1. The predicted octanol–water partition coefficient (Wildman–Crippen LogP) is 3.63. The molecular formula is C13H18O3S. The Bertz CT molecular complexity index is 366. The third kappa shape index (κ3) is 3.53. The van der Waals surface area contributed by atoms with Gasteiger partial charge in [-0.25, -0.2) is 4.79 Å². The minimum Gasteiger partial charge on any atom is -0.463 e. The second-order valence-electron chi connectivity index (χ2n) is 4.33. The van der Waals surface area contributed by atoms with Crippen LogP contribution >= 0.6 is 11.8 Å². The van der Waals surface area contributed by atoms with E-state index in [0.717, 1.165) is 16.8 Å². The highest BCUT2D eigenvalue weighted by Crippen LogP contribution is 2.30. The SMILES string of the molecule is COC(=O)c1ccc(CSC2CCCCC2)o1. The van der Waals surface area contributed by atoms with Gasteiger partial charge >= 0.3 is 5.97 Å². The van der Waals surface area contributed by atoms with E-state index in [-0.39, 0.29) is 0 Å². The highest BCUT2D eigenvalue weighted by Gasteiger charge is 2.15. The number of thioether (sulfide) groups is 1. The second kappa shape index (κ2) is 6.15. The summed E-state index contributed by atoms with van der Waals surface area (Å²) >= 11 is 1.94. The Balaban J connectivity index is 1.82. The van der Waals surface area contributed by atoms with Crippen LogP contribution < -0.4 is 0 Å². The molecule has 4 heteroatoms. The van der Waals surface area contributed by atoms with Crippen LogP contribution in [0.1, 0.15) is 48.4 Å². The second-order valence-corrected chi connectivity index (χ2v) is 5.62. The molecule has 0 spiro atoms. The zero-order valence-corrected chi connectivity index (χ0v) is 10.9. The molecular weight excluding hydrogens is 236 g/mol. The van der Waals surface area contributed by atoms with E-state index >= 15 is 0 Å². The van der Waals surface area contributed by atoms with E-state index in [9.17, 15) is 4.79 Å². The van der Waals surface area contributed by atoms with Crippen LogP contribution in [-0.2, 0) is 10.5 Å². The summed E-state index contributed by atoms with van der Waals surface area (Å²) in [5.41, 5.74) is 0. The van der Waals surface area contributed by atoms with Gasteiger partial charge in [0.25, 0.3) is 0 Å². The molecule has 0 aliphatic heterocycles. The molecule has 1 heterocycles. The van der Waals surface area contributed by atoms with Crippen molar-refractivity contribution in [2.24, 2.45) is 0 Å². The molecule has 1 aliphatic carbocycles. The summed E-state index contributed by atoms with van der Waals surface area (Å²) in [6, 6.07) is 3.55. The Morgan fingerprint density at radius 3 is 2.88 bits per heavy atom. The fraction of sp³-hybridized carbons (Fsp3) is 0.615. The molecule has 0 saturated heterocycles. The van der Waals surface area contributed by atoms with Gasteiger partial charge in [0.05, 0.1) is 12.9 Å². The minimum absolute atomic E-state index is 0.298. The van der Waals surface area contributed by atoms with Crippen LogP contribution in [0.25, 0.3) is 0 Å². The molecule has 0 unspecified atom stereocenters. The molecule has 1 aliphatic rings. The lowest BCUT2D eigenvalue weighted by Crippen LogP contribution is -2.07. The average molecular weight is 254 g/mol. The maximum absolute atomic E-state index is 11.2. The molecule has 1 aromatic heterocycles. The third-order valence-electron chi connectivity index (χ3n) is 3.06. The summed E-state index contributed by atoms with van der Waals surface area (Å²) in [5.74, 6) is 1.61. The van der Waals surface area contributed by atoms with E-state index in [4.69, 9.17) is 4.42 Å². The Kier molecular flexibility index (Phi) is 4.54. The molecule has 0 aromatic carbocycles. The highest BCUT2D eigenvalue weighted by molar-refractivity contribution is 7.99. The van der Waals surface area contributed by atoms with Crippen LogP contribution in [0.3, 0.4) is 0 Å². The lowest BCUT2D eigenvalue weighted by atomic mass is 10.0. The van der Waals surface area contributed by atoms with Gasteiger partial charge in [-0.1, -0.05) is 19.3 Å². The lowest BCUT2D eigenvalue weighted by Gasteiger charge is -2.20. The zero-order valence-electron chi connectivity index (χ0n) is 10.1. The minimum atomic E-state index is -0.404. The van der Waals surface area contributed by atoms with Gasteiger partial charge in [0, 0.05) is 5.25 Å². The number of carbonyl (C=O) groups excluding carboxylic acids is 1. The van der Waals surface area contributed by atoms with Gasteiger partial charge < -0.3 is 9.15 Å². The molecule has 1 fully saturated rings. The number of rotatable bonds is 4. The largest absolute Gasteiger partial charge is 0.463 e. The van der Waals surface area contributed by atoms with E-state index in [1.54, 1.807) is 6.07 Å². The van der Waals surface area contributed by atoms with Crippen molar-refractivity contribution in [2.45, 2.75) is 43.1 Å². The average Bonchev–Trinajstić information content (AvgIpc) is 2.85. The van der Waals surface area contributed by atoms with Gasteiger partial charge in [0.15, 0.2) is 0 Å². The van der Waals surface area contributed by atoms with Crippen molar-refractivity contribution in [2.75, 3.05) is 7.11 Å². The third-order valence-corrected chi connectivity index (χ3v) is 4.46. The number of esters is 1. The molecule has 2 rings (SSSR count). The topological polar surface area (TPSA) is 39.4 Å². The molecule has 3 nitrogen and oxygen atoms in total. The molecule has 0 N–H and O–H groups in total. The Labute approximate surface area is 106 Å². The summed E-state index contributed by atoms with van der Waals surface area (Å²) in [6.07, 6.45) is 6.71. The van der Waals surface area contributed by atoms with Gasteiger partial charge in [-0.2, -0.15) is 11.8 Å². The maximum Gasteiger partial charge on any atom is 0.373 e. The lowest BCUT2D eigenvalue weighted by molar-refractivity contribution is 0.0563. The Morgan fingerprint density at radius 1 is 1.41 bits per heavy atom. The number of hydrogen-bond acceptors (Lipinski definition) is 4. The summed E-state index contributed by atoms with van der Waals surface area (Å²) < 4.78 is 10.0. The van der Waals surface area contributed by atoms with Crippen molar-refractivity contribution in [1.82, 2.24) is 0 Å². The van der Waals surface area contributed by atoms with Crippen molar-refractivity contribution in [3.05, 3.63) is 23.7 Å². The Morgan fingerprint density at radius 2 is 2.18 bits per heavy atom. The predicted molar refractivity (Wildman–Crippen MR) is 68.2 cm³/mol. The fourth-order valence-corrected chi connectivity index (χ4v) is 3.32. The molecule has 94 valence electrons. The maximum atomic E-state index is 11.2. The summed E-state index contributed by atoms with van der Waals surface area (Å²) in [4.78, 5) is 11.2. The quantitative estimate of drug-likeness (QED) is 0.769. The van der Waals surface area contributed by atoms with E-state index in [1.807, 2.05) is 17.8 Å². The first-order chi connectivity index (χ1) is 8.29. The van der Waals surface area contributed by atoms with Crippen LogP contribution in [-0.4, -0.2) is 18.3 Å². The van der Waals surface area contributed by atoms with Gasteiger partial charge in [0.1, 0.15) is 5.76 Å². The highest BCUT2D eigenvalue weighted by atomic mass is 32.2. The monoisotopic (exact) mass is 254 g/mol. The number of hydrogen-bond donors (Lipinski definition) is 0. The zero-order chi connectivity index (χ0) is 12.1. The molecule has 0 amide bonds. The summed E-state index contributed by atoms with van der Waals surface area (Å²) in [6.45, 7) is 0. The van der Waals surface area contributed by atoms with Crippen molar-refractivity contribution in [1.29, 1.82) is 0 Å². The smallest absolute Gasteiger partial charge is 0.373 e. The number of ether oxygens (including phenoxy) is 1. The summed E-state index contributed by atoms with van der Waals surface area (Å²) in [5, 5.41) is 0.760. The first-order valence-corrected chi connectivity index (χ1v) is 7.13. The van der Waals surface area contributed by atoms with Crippen LogP contribution in [0.5, 0.6) is 0 Å². The van der Waals surface area contributed by atoms with Gasteiger partial charge in [-0.05, 0) is 25.0 Å². The van der Waals surface area contributed by atoms with Crippen molar-refractivity contribution >= 4 is 17.7 Å². The van der Waals surface area contributed by atoms with Gasteiger partial charge in [-0.15, -0.1) is 0 Å². The standard InChI is InChI=1S/C13H18O3S/c1-15-13(14)12-8-7-10(16-12)9-17-11-5-3-2-4-6-11/h7-8,11H,2-6,9H2,1H3. The molecule has 1 saturated carbocycles. The van der Waals surface area contributed by atoms with Crippen LogP contribution in [0.15, 0.2) is 16.5 Å². The molecule has 1 aromatic rings. The van der Waals surface area contributed by atoms with E-state index in [0.29, 0.717) is 5.76 Å². The van der Waals surface area contributed by atoms with Crippen molar-refractivity contribution < 1.29 is 13.9 Å². The van der Waals surface area contributed by atoms with Crippen LogP contribution in [0, 0.1) is 0 Å².